The minimum Gasteiger partial charge on any atom is -0.391 e. The first-order valence-electron chi connectivity index (χ1n) is 5.91. The van der Waals surface area contributed by atoms with Crippen molar-refractivity contribution < 1.29 is 24.4 Å². The van der Waals surface area contributed by atoms with Crippen molar-refractivity contribution in [3.05, 3.63) is 39.9 Å². The Labute approximate surface area is 113 Å². The van der Waals surface area contributed by atoms with E-state index in [1.807, 2.05) is 0 Å². The minimum absolute atomic E-state index is 0.0451. The number of nitrogens with zero attached hydrogens (tertiary/aromatic N) is 2. The first-order valence-corrected chi connectivity index (χ1v) is 5.91. The Hall–Kier alpha value is -2.48. The zero-order chi connectivity index (χ0) is 14.7. The van der Waals surface area contributed by atoms with Crippen molar-refractivity contribution in [1.29, 1.82) is 0 Å². The van der Waals surface area contributed by atoms with Gasteiger partial charge in [-0.2, -0.15) is 0 Å². The summed E-state index contributed by atoms with van der Waals surface area (Å²) >= 11 is 0. The highest BCUT2D eigenvalue weighted by Crippen LogP contribution is 2.14. The number of hydrogen-bond donors (Lipinski definition) is 1. The van der Waals surface area contributed by atoms with E-state index in [0.29, 0.717) is 13.0 Å². The summed E-state index contributed by atoms with van der Waals surface area (Å²) in [6.07, 6.45) is -0.984. The molecule has 106 valence electrons. The van der Waals surface area contributed by atoms with E-state index in [1.165, 1.54) is 17.0 Å². The van der Waals surface area contributed by atoms with Crippen LogP contribution in [-0.4, -0.2) is 46.2 Å². The van der Waals surface area contributed by atoms with Gasteiger partial charge < -0.3 is 14.7 Å². The highest BCUT2D eigenvalue weighted by atomic mass is 16.6. The molecule has 8 heteroatoms. The molecule has 20 heavy (non-hydrogen) atoms. The maximum Gasteiger partial charge on any atom is 0.417 e. The fourth-order valence-corrected chi connectivity index (χ4v) is 1.83. The van der Waals surface area contributed by atoms with Crippen LogP contribution in [0.4, 0.5) is 10.5 Å². The molecule has 0 spiro atoms. The largest absolute Gasteiger partial charge is 0.417 e. The zero-order valence-corrected chi connectivity index (χ0v) is 10.4. The predicted molar refractivity (Wildman–Crippen MR) is 66.1 cm³/mol. The number of β-amino-alcohol motifs (C(OH)–C–C–N with tert-alkyl or cyclic N) is 1. The lowest BCUT2D eigenvalue weighted by Gasteiger charge is -2.13. The van der Waals surface area contributed by atoms with Crippen LogP contribution in [0.2, 0.25) is 0 Å². The molecule has 1 aliphatic rings. The molecule has 0 bridgehead atoms. The van der Waals surface area contributed by atoms with E-state index in [4.69, 9.17) is 0 Å². The number of nitro benzene ring substituents is 1. The van der Waals surface area contributed by atoms with Gasteiger partial charge in [0.05, 0.1) is 16.6 Å². The van der Waals surface area contributed by atoms with E-state index >= 15 is 0 Å². The summed E-state index contributed by atoms with van der Waals surface area (Å²) in [5.74, 6) is -0.883. The van der Waals surface area contributed by atoms with E-state index in [1.54, 1.807) is 0 Å². The topological polar surface area (TPSA) is 110 Å². The Morgan fingerprint density at radius 3 is 2.50 bits per heavy atom. The molecule has 1 fully saturated rings. The highest BCUT2D eigenvalue weighted by molar-refractivity contribution is 5.96. The lowest BCUT2D eigenvalue weighted by atomic mass is 10.2. The van der Waals surface area contributed by atoms with Crippen LogP contribution in [0.1, 0.15) is 16.8 Å². The molecule has 1 N–H and O–H groups in total. The summed E-state index contributed by atoms with van der Waals surface area (Å²) in [5.41, 5.74) is -0.112. The molecule has 0 saturated carbocycles. The van der Waals surface area contributed by atoms with Crippen LogP contribution in [0, 0.1) is 10.1 Å². The second-order valence-corrected chi connectivity index (χ2v) is 4.35. The van der Waals surface area contributed by atoms with Crippen molar-refractivity contribution in [3.8, 4) is 0 Å². The third-order valence-corrected chi connectivity index (χ3v) is 2.92. The third-order valence-electron chi connectivity index (χ3n) is 2.92. The summed E-state index contributed by atoms with van der Waals surface area (Å²) in [6.45, 7) is 0.458. The summed E-state index contributed by atoms with van der Waals surface area (Å²) in [7, 11) is 0. The maximum absolute atomic E-state index is 11.7. The smallest absolute Gasteiger partial charge is 0.391 e. The summed E-state index contributed by atoms with van der Waals surface area (Å²) < 4.78 is 4.64. The first kappa shape index (κ1) is 13.9. The minimum atomic E-state index is -0.883. The van der Waals surface area contributed by atoms with Gasteiger partial charge in [0, 0.05) is 25.2 Å². The van der Waals surface area contributed by atoms with Crippen molar-refractivity contribution in [1.82, 2.24) is 4.90 Å². The molecule has 8 nitrogen and oxygen atoms in total. The molecule has 2 rings (SSSR count). The number of rotatable bonds is 2. The Morgan fingerprint density at radius 1 is 1.35 bits per heavy atom. The van der Waals surface area contributed by atoms with Crippen molar-refractivity contribution >= 4 is 17.7 Å². The fourth-order valence-electron chi connectivity index (χ4n) is 1.83. The van der Waals surface area contributed by atoms with Gasteiger partial charge in [0.15, 0.2) is 0 Å². The number of non-ortho nitro benzene ring substituents is 1. The lowest BCUT2D eigenvalue weighted by molar-refractivity contribution is -0.384. The molecule has 0 radical (unpaired) electrons. The van der Waals surface area contributed by atoms with Gasteiger partial charge in [-0.05, 0) is 18.6 Å². The number of aliphatic hydroxyl groups is 1. The molecule has 1 aromatic rings. The third kappa shape index (κ3) is 3.09. The van der Waals surface area contributed by atoms with Crippen molar-refractivity contribution in [2.75, 3.05) is 13.1 Å². The van der Waals surface area contributed by atoms with E-state index < -0.39 is 23.1 Å². The quantitative estimate of drug-likeness (QED) is 0.373. The van der Waals surface area contributed by atoms with Crippen molar-refractivity contribution in [2.24, 2.45) is 0 Å². The molecule has 1 aliphatic heterocycles. The van der Waals surface area contributed by atoms with Crippen LogP contribution < -0.4 is 0 Å². The van der Waals surface area contributed by atoms with Gasteiger partial charge in [0.1, 0.15) is 0 Å². The summed E-state index contributed by atoms with van der Waals surface area (Å²) in [6, 6.07) is 4.74. The molecule has 1 atom stereocenters. The molecular weight excluding hydrogens is 268 g/mol. The lowest BCUT2D eigenvalue weighted by Crippen LogP contribution is -2.31. The van der Waals surface area contributed by atoms with Crippen molar-refractivity contribution in [3.63, 3.8) is 0 Å². The van der Waals surface area contributed by atoms with Gasteiger partial charge in [0.2, 0.25) is 0 Å². The second-order valence-electron chi connectivity index (χ2n) is 4.35. The molecule has 0 aromatic heterocycles. The van der Waals surface area contributed by atoms with E-state index in [2.05, 4.69) is 4.74 Å². The number of ether oxygens (including phenoxy) is 1. The number of carbonyl (C=O) groups is 2. The number of esters is 1. The second kappa shape index (κ2) is 5.66. The molecular formula is C12H12N2O6. The number of likely N-dealkylation sites (tertiary alicyclic amines) is 1. The van der Waals surface area contributed by atoms with E-state index in [0.717, 1.165) is 12.1 Å². The van der Waals surface area contributed by atoms with E-state index in [-0.39, 0.29) is 17.8 Å². The van der Waals surface area contributed by atoms with Crippen LogP contribution in [0.5, 0.6) is 0 Å². The summed E-state index contributed by atoms with van der Waals surface area (Å²) in [5, 5.41) is 19.8. The Kier molecular flexibility index (Phi) is 3.94. The van der Waals surface area contributed by atoms with Gasteiger partial charge in [-0.3, -0.25) is 10.1 Å². The van der Waals surface area contributed by atoms with Crippen LogP contribution in [-0.2, 0) is 4.74 Å². The molecule has 1 unspecified atom stereocenters. The standard InChI is InChI=1S/C12H12N2O6/c15-10-5-6-13(7-10)12(17)20-11(16)8-1-3-9(4-2-8)14(18)19/h1-4,10,15H,5-7H2. The first-order chi connectivity index (χ1) is 9.47. The van der Waals surface area contributed by atoms with Gasteiger partial charge in [0.25, 0.3) is 5.69 Å². The molecule has 1 heterocycles. The normalized spacial score (nSPS) is 17.9. The van der Waals surface area contributed by atoms with Gasteiger partial charge >= 0.3 is 12.1 Å². The van der Waals surface area contributed by atoms with Crippen LogP contribution in [0.15, 0.2) is 24.3 Å². The van der Waals surface area contributed by atoms with Crippen LogP contribution >= 0.6 is 0 Å². The van der Waals surface area contributed by atoms with Crippen molar-refractivity contribution in [2.45, 2.75) is 12.5 Å². The number of nitro groups is 1. The SMILES string of the molecule is O=C(OC(=O)N1CCC(O)C1)c1ccc([N+](=O)[O-])cc1. The Morgan fingerprint density at radius 2 is 2.00 bits per heavy atom. The Balaban J connectivity index is 1.97. The highest BCUT2D eigenvalue weighted by Gasteiger charge is 2.27. The Bertz CT molecular complexity index is 541. The zero-order valence-electron chi connectivity index (χ0n) is 10.4. The maximum atomic E-state index is 11.7. The van der Waals surface area contributed by atoms with Gasteiger partial charge in [-0.25, -0.2) is 9.59 Å². The number of benzene rings is 1. The average molecular weight is 280 g/mol. The van der Waals surface area contributed by atoms with Crippen LogP contribution in [0.25, 0.3) is 0 Å². The van der Waals surface area contributed by atoms with Gasteiger partial charge in [-0.15, -0.1) is 0 Å². The molecule has 1 saturated heterocycles. The number of amides is 1. The van der Waals surface area contributed by atoms with Gasteiger partial charge in [-0.1, -0.05) is 0 Å². The average Bonchev–Trinajstić information content (AvgIpc) is 2.85. The molecule has 0 aliphatic carbocycles. The van der Waals surface area contributed by atoms with Crippen LogP contribution in [0.3, 0.4) is 0 Å². The molecule has 1 aromatic carbocycles. The number of hydrogen-bond acceptors (Lipinski definition) is 6. The fraction of sp³-hybridized carbons (Fsp3) is 0.333. The predicted octanol–water partition coefficient (Wildman–Crippen LogP) is 0.938. The summed E-state index contributed by atoms with van der Waals surface area (Å²) in [4.78, 5) is 34.4. The monoisotopic (exact) mass is 280 g/mol. The molecule has 1 amide bonds. The number of carbonyl (C=O) groups excluding carboxylic acids is 2. The number of aliphatic hydroxyl groups excluding tert-OH is 1. The van der Waals surface area contributed by atoms with E-state index in [9.17, 15) is 24.8 Å².